The van der Waals surface area contributed by atoms with Crippen molar-refractivity contribution in [3.63, 3.8) is 0 Å². The Kier molecular flexibility index (Phi) is 3.98. The average molecular weight is 305 g/mol. The molecular formula is C15H19N3O2S. The van der Waals surface area contributed by atoms with Crippen molar-refractivity contribution in [2.24, 2.45) is 0 Å². The number of nitriles is 1. The maximum absolute atomic E-state index is 12.8. The Morgan fingerprint density at radius 3 is 2.90 bits per heavy atom. The molecule has 21 heavy (non-hydrogen) atoms. The fraction of sp³-hybridized carbons (Fsp3) is 0.533. The summed E-state index contributed by atoms with van der Waals surface area (Å²) in [5, 5.41) is 12.2. The lowest BCUT2D eigenvalue weighted by atomic mass is 10.1. The van der Waals surface area contributed by atoms with E-state index in [-0.39, 0.29) is 17.8 Å². The van der Waals surface area contributed by atoms with Gasteiger partial charge in [-0.2, -0.15) is 9.57 Å². The molecule has 0 aliphatic carbocycles. The molecule has 5 nitrogen and oxygen atoms in total. The minimum absolute atomic E-state index is 0.0183. The van der Waals surface area contributed by atoms with E-state index in [0.717, 1.165) is 32.4 Å². The van der Waals surface area contributed by atoms with Gasteiger partial charge in [0.25, 0.3) is 0 Å². The van der Waals surface area contributed by atoms with Crippen molar-refractivity contribution in [2.45, 2.75) is 37.1 Å². The lowest BCUT2D eigenvalue weighted by Crippen LogP contribution is -2.43. The van der Waals surface area contributed by atoms with Crippen LogP contribution in [0.4, 0.5) is 0 Å². The number of hydrogen-bond donors (Lipinski definition) is 1. The number of nitrogens with zero attached hydrogens (tertiary/aromatic N) is 2. The van der Waals surface area contributed by atoms with Gasteiger partial charge < -0.3 is 5.32 Å². The smallest absolute Gasteiger partial charge is 0.218 e. The van der Waals surface area contributed by atoms with Crippen molar-refractivity contribution in [2.75, 3.05) is 13.1 Å². The Balaban J connectivity index is 1.85. The molecule has 0 spiro atoms. The molecule has 2 aliphatic rings. The van der Waals surface area contributed by atoms with Gasteiger partial charge in [0.1, 0.15) is 0 Å². The Morgan fingerprint density at radius 2 is 2.10 bits per heavy atom. The summed E-state index contributed by atoms with van der Waals surface area (Å²) in [6.07, 6.45) is 2.78. The third kappa shape index (κ3) is 2.95. The van der Waals surface area contributed by atoms with E-state index in [4.69, 9.17) is 5.26 Å². The van der Waals surface area contributed by atoms with Crippen LogP contribution < -0.4 is 5.32 Å². The first kappa shape index (κ1) is 14.5. The van der Waals surface area contributed by atoms with Gasteiger partial charge >= 0.3 is 0 Å². The number of benzene rings is 1. The normalized spacial score (nSPS) is 26.2. The van der Waals surface area contributed by atoms with E-state index in [2.05, 4.69) is 11.4 Å². The van der Waals surface area contributed by atoms with Crippen molar-refractivity contribution in [1.82, 2.24) is 9.62 Å². The Hall–Kier alpha value is -1.42. The standard InChI is InChI=1S/C15H19N3O2S/c16-9-12-2-1-3-13(8-12)11-21(19,20)18-14-4-5-15(18)10-17-7-6-14/h1-3,8,14-15,17H,4-7,10-11H2. The highest BCUT2D eigenvalue weighted by Crippen LogP contribution is 2.32. The first-order valence-electron chi connectivity index (χ1n) is 7.31. The molecule has 6 heteroatoms. The van der Waals surface area contributed by atoms with E-state index in [1.165, 1.54) is 0 Å². The topological polar surface area (TPSA) is 73.2 Å². The van der Waals surface area contributed by atoms with Gasteiger partial charge in [0, 0.05) is 18.6 Å². The minimum atomic E-state index is -3.34. The third-order valence-corrected chi connectivity index (χ3v) is 6.25. The van der Waals surface area contributed by atoms with Crippen LogP contribution in [0.25, 0.3) is 0 Å². The molecule has 2 heterocycles. The summed E-state index contributed by atoms with van der Waals surface area (Å²) in [5.74, 6) is -0.0183. The lowest BCUT2D eigenvalue weighted by molar-refractivity contribution is 0.334. The van der Waals surface area contributed by atoms with Crippen LogP contribution in [0.3, 0.4) is 0 Å². The number of nitrogens with one attached hydrogen (secondary N) is 1. The molecule has 0 radical (unpaired) electrons. The van der Waals surface area contributed by atoms with E-state index in [9.17, 15) is 8.42 Å². The van der Waals surface area contributed by atoms with Crippen LogP contribution in [0.15, 0.2) is 24.3 Å². The van der Waals surface area contributed by atoms with Crippen LogP contribution in [0.2, 0.25) is 0 Å². The van der Waals surface area contributed by atoms with Gasteiger partial charge in [0.15, 0.2) is 0 Å². The molecule has 2 aliphatic heterocycles. The highest BCUT2D eigenvalue weighted by atomic mass is 32.2. The maximum Gasteiger partial charge on any atom is 0.218 e. The van der Waals surface area contributed by atoms with Gasteiger partial charge in [-0.3, -0.25) is 0 Å². The molecule has 2 atom stereocenters. The molecule has 0 amide bonds. The molecule has 0 saturated carbocycles. The fourth-order valence-electron chi connectivity index (χ4n) is 3.41. The molecule has 2 bridgehead atoms. The van der Waals surface area contributed by atoms with Crippen molar-refractivity contribution < 1.29 is 8.42 Å². The molecule has 1 aromatic rings. The Bertz CT molecular complexity index is 652. The zero-order valence-electron chi connectivity index (χ0n) is 11.8. The number of hydrogen-bond acceptors (Lipinski definition) is 4. The second kappa shape index (κ2) is 5.76. The predicted octanol–water partition coefficient (Wildman–Crippen LogP) is 1.21. The van der Waals surface area contributed by atoms with E-state index in [0.29, 0.717) is 11.1 Å². The summed E-state index contributed by atoms with van der Waals surface area (Å²) in [5.41, 5.74) is 1.19. The van der Waals surface area contributed by atoms with Gasteiger partial charge in [-0.15, -0.1) is 0 Å². The van der Waals surface area contributed by atoms with E-state index in [1.54, 1.807) is 28.6 Å². The second-order valence-corrected chi connectivity index (χ2v) is 7.65. The molecule has 3 rings (SSSR count). The number of rotatable bonds is 3. The van der Waals surface area contributed by atoms with Gasteiger partial charge in [-0.25, -0.2) is 8.42 Å². The molecule has 1 N–H and O–H groups in total. The van der Waals surface area contributed by atoms with Crippen LogP contribution in [-0.4, -0.2) is 37.9 Å². The van der Waals surface area contributed by atoms with E-state index < -0.39 is 10.0 Å². The minimum Gasteiger partial charge on any atom is -0.315 e. The predicted molar refractivity (Wildman–Crippen MR) is 79.9 cm³/mol. The summed E-state index contributed by atoms with van der Waals surface area (Å²) in [4.78, 5) is 0. The van der Waals surface area contributed by atoms with Crippen molar-refractivity contribution in [1.29, 1.82) is 5.26 Å². The van der Waals surface area contributed by atoms with Gasteiger partial charge in [-0.05, 0) is 43.5 Å². The Labute approximate surface area is 125 Å². The molecule has 112 valence electrons. The zero-order chi connectivity index (χ0) is 14.9. The third-order valence-electron chi connectivity index (χ3n) is 4.31. The summed E-state index contributed by atoms with van der Waals surface area (Å²) in [6.45, 7) is 1.63. The summed E-state index contributed by atoms with van der Waals surface area (Å²) in [7, 11) is -3.34. The van der Waals surface area contributed by atoms with Crippen LogP contribution in [0.5, 0.6) is 0 Å². The quantitative estimate of drug-likeness (QED) is 0.911. The number of fused-ring (bicyclic) bond motifs is 2. The fourth-order valence-corrected chi connectivity index (χ4v) is 5.46. The first-order chi connectivity index (χ1) is 10.1. The van der Waals surface area contributed by atoms with Gasteiger partial charge in [0.05, 0.1) is 17.4 Å². The molecule has 2 unspecified atom stereocenters. The van der Waals surface area contributed by atoms with Crippen molar-refractivity contribution in [3.05, 3.63) is 35.4 Å². The maximum atomic E-state index is 12.8. The van der Waals surface area contributed by atoms with Gasteiger partial charge in [0.2, 0.25) is 10.0 Å². The van der Waals surface area contributed by atoms with E-state index in [1.807, 2.05) is 0 Å². The first-order valence-corrected chi connectivity index (χ1v) is 8.92. The van der Waals surface area contributed by atoms with Crippen molar-refractivity contribution >= 4 is 10.0 Å². The summed E-state index contributed by atoms with van der Waals surface area (Å²) >= 11 is 0. The number of sulfonamides is 1. The monoisotopic (exact) mass is 305 g/mol. The average Bonchev–Trinajstić information content (AvgIpc) is 2.72. The summed E-state index contributed by atoms with van der Waals surface area (Å²) < 4.78 is 27.3. The van der Waals surface area contributed by atoms with Gasteiger partial charge in [-0.1, -0.05) is 12.1 Å². The van der Waals surface area contributed by atoms with E-state index >= 15 is 0 Å². The summed E-state index contributed by atoms with van der Waals surface area (Å²) in [6, 6.07) is 9.14. The molecular weight excluding hydrogens is 286 g/mol. The highest BCUT2D eigenvalue weighted by molar-refractivity contribution is 7.88. The Morgan fingerprint density at radius 1 is 1.29 bits per heavy atom. The lowest BCUT2D eigenvalue weighted by Gasteiger charge is -2.26. The SMILES string of the molecule is N#Cc1cccc(CS(=O)(=O)N2C3CCNCC2CC3)c1. The van der Waals surface area contributed by atoms with Crippen LogP contribution in [0, 0.1) is 11.3 Å². The molecule has 1 aromatic carbocycles. The molecule has 2 fully saturated rings. The van der Waals surface area contributed by atoms with Crippen molar-refractivity contribution in [3.8, 4) is 6.07 Å². The van der Waals surface area contributed by atoms with Crippen LogP contribution in [-0.2, 0) is 15.8 Å². The molecule has 0 aromatic heterocycles. The second-order valence-electron chi connectivity index (χ2n) is 5.78. The van der Waals surface area contributed by atoms with Crippen LogP contribution >= 0.6 is 0 Å². The molecule has 2 saturated heterocycles. The largest absolute Gasteiger partial charge is 0.315 e. The highest BCUT2D eigenvalue weighted by Gasteiger charge is 2.42. The van der Waals surface area contributed by atoms with Crippen LogP contribution in [0.1, 0.15) is 30.4 Å². The zero-order valence-corrected chi connectivity index (χ0v) is 12.6.